The third kappa shape index (κ3) is 1.78. The molecule has 0 bridgehead atoms. The van der Waals surface area contributed by atoms with Crippen LogP contribution in [-0.2, 0) is 6.42 Å². The first-order valence-corrected chi connectivity index (χ1v) is 5.26. The number of hydrogen-bond donors (Lipinski definition) is 0. The van der Waals surface area contributed by atoms with Gasteiger partial charge in [-0.25, -0.2) is 0 Å². The highest BCUT2D eigenvalue weighted by molar-refractivity contribution is 7.13. The molecule has 1 nitrogen and oxygen atoms in total. The monoisotopic (exact) mass is 189 g/mol. The highest BCUT2D eigenvalue weighted by atomic mass is 32.1. The van der Waals surface area contributed by atoms with Crippen molar-refractivity contribution in [3.8, 4) is 10.4 Å². The summed E-state index contributed by atoms with van der Waals surface area (Å²) in [5.41, 5.74) is 4.53. The van der Waals surface area contributed by atoms with Crippen molar-refractivity contribution < 1.29 is 0 Å². The molecule has 1 aromatic heterocycles. The highest BCUT2D eigenvalue weighted by Crippen LogP contribution is 2.23. The molecule has 66 valence electrons. The Kier molecular flexibility index (Phi) is 2.41. The van der Waals surface area contributed by atoms with Gasteiger partial charge < -0.3 is 0 Å². The highest BCUT2D eigenvalue weighted by Gasteiger charge is 1.98. The molecule has 0 amide bonds. The fourth-order valence-electron chi connectivity index (χ4n) is 1.30. The summed E-state index contributed by atoms with van der Waals surface area (Å²) in [4.78, 5) is 5.32. The Balaban J connectivity index is 2.41. The van der Waals surface area contributed by atoms with Gasteiger partial charge in [-0.3, -0.25) is 4.98 Å². The minimum Gasteiger partial charge on any atom is -0.252 e. The Morgan fingerprint density at radius 2 is 2.31 bits per heavy atom. The van der Waals surface area contributed by atoms with Crippen molar-refractivity contribution in [3.05, 3.63) is 41.5 Å². The van der Waals surface area contributed by atoms with E-state index in [1.54, 1.807) is 11.3 Å². The van der Waals surface area contributed by atoms with Gasteiger partial charge in [0.25, 0.3) is 0 Å². The molecule has 0 fully saturated rings. The lowest BCUT2D eigenvalue weighted by atomic mass is 10.1. The van der Waals surface area contributed by atoms with E-state index in [1.807, 2.05) is 11.7 Å². The lowest BCUT2D eigenvalue weighted by Gasteiger charge is -1.99. The standard InChI is InChI=1S/C11H11NS/c1-2-9-4-3-5-10(6-9)11-7-12-8-13-11/h3-8H,2H2,1H3. The van der Waals surface area contributed by atoms with Gasteiger partial charge in [0.1, 0.15) is 0 Å². The molecule has 0 saturated heterocycles. The zero-order chi connectivity index (χ0) is 9.10. The molecule has 0 aliphatic carbocycles. The summed E-state index contributed by atoms with van der Waals surface area (Å²) in [6.07, 6.45) is 3.01. The Hall–Kier alpha value is -1.15. The van der Waals surface area contributed by atoms with E-state index in [1.165, 1.54) is 16.0 Å². The van der Waals surface area contributed by atoms with Gasteiger partial charge >= 0.3 is 0 Å². The molecular weight excluding hydrogens is 178 g/mol. The molecule has 0 radical (unpaired) electrons. The van der Waals surface area contributed by atoms with Crippen molar-refractivity contribution >= 4 is 11.3 Å². The van der Waals surface area contributed by atoms with Crippen LogP contribution in [0.15, 0.2) is 36.0 Å². The quantitative estimate of drug-likeness (QED) is 0.705. The van der Waals surface area contributed by atoms with E-state index in [2.05, 4.69) is 36.2 Å². The lowest BCUT2D eigenvalue weighted by Crippen LogP contribution is -1.79. The second kappa shape index (κ2) is 3.71. The van der Waals surface area contributed by atoms with Crippen LogP contribution in [0.1, 0.15) is 12.5 Å². The molecule has 0 saturated carbocycles. The third-order valence-corrected chi connectivity index (χ3v) is 2.87. The molecule has 0 aliphatic rings. The van der Waals surface area contributed by atoms with Crippen LogP contribution in [0.3, 0.4) is 0 Å². The molecule has 2 aromatic rings. The lowest BCUT2D eigenvalue weighted by molar-refractivity contribution is 1.14. The number of rotatable bonds is 2. The fourth-order valence-corrected chi connectivity index (χ4v) is 1.92. The van der Waals surface area contributed by atoms with E-state index in [0.29, 0.717) is 0 Å². The minimum absolute atomic E-state index is 1.09. The molecule has 0 spiro atoms. The Morgan fingerprint density at radius 1 is 1.38 bits per heavy atom. The van der Waals surface area contributed by atoms with Crippen LogP contribution in [0.2, 0.25) is 0 Å². The molecule has 1 heterocycles. The van der Waals surface area contributed by atoms with E-state index in [-0.39, 0.29) is 0 Å². The summed E-state index contributed by atoms with van der Waals surface area (Å²) in [5, 5.41) is 0. The third-order valence-electron chi connectivity index (χ3n) is 2.05. The molecule has 0 atom stereocenters. The minimum atomic E-state index is 1.09. The van der Waals surface area contributed by atoms with Crippen molar-refractivity contribution in [2.24, 2.45) is 0 Å². The Labute approximate surface area is 82.1 Å². The molecule has 2 heteroatoms. The maximum Gasteiger partial charge on any atom is 0.0797 e. The maximum absolute atomic E-state index is 4.07. The van der Waals surface area contributed by atoms with Crippen molar-refractivity contribution in [1.29, 1.82) is 0 Å². The second-order valence-corrected chi connectivity index (χ2v) is 3.81. The molecule has 1 aromatic carbocycles. The number of thiazole rings is 1. The second-order valence-electron chi connectivity index (χ2n) is 2.92. The van der Waals surface area contributed by atoms with Crippen LogP contribution < -0.4 is 0 Å². The molecule has 0 N–H and O–H groups in total. The topological polar surface area (TPSA) is 12.9 Å². The van der Waals surface area contributed by atoms with Gasteiger partial charge in [0.15, 0.2) is 0 Å². The van der Waals surface area contributed by atoms with E-state index in [0.717, 1.165) is 6.42 Å². The molecular formula is C11H11NS. The number of nitrogens with zero attached hydrogens (tertiary/aromatic N) is 1. The average molecular weight is 189 g/mol. The van der Waals surface area contributed by atoms with Gasteiger partial charge in [-0.1, -0.05) is 31.2 Å². The van der Waals surface area contributed by atoms with Gasteiger partial charge in [-0.2, -0.15) is 0 Å². The first-order chi connectivity index (χ1) is 6.40. The van der Waals surface area contributed by atoms with Gasteiger partial charge in [0.05, 0.1) is 10.4 Å². The van der Waals surface area contributed by atoms with Crippen LogP contribution in [0.25, 0.3) is 10.4 Å². The summed E-state index contributed by atoms with van der Waals surface area (Å²) in [5.74, 6) is 0. The van der Waals surface area contributed by atoms with Gasteiger partial charge in [-0.15, -0.1) is 11.3 Å². The zero-order valence-electron chi connectivity index (χ0n) is 7.53. The van der Waals surface area contributed by atoms with Crippen molar-refractivity contribution in [2.75, 3.05) is 0 Å². The van der Waals surface area contributed by atoms with E-state index in [9.17, 15) is 0 Å². The van der Waals surface area contributed by atoms with Crippen LogP contribution in [0.5, 0.6) is 0 Å². The van der Waals surface area contributed by atoms with E-state index in [4.69, 9.17) is 0 Å². The zero-order valence-corrected chi connectivity index (χ0v) is 8.34. The Morgan fingerprint density at radius 3 is 3.00 bits per heavy atom. The van der Waals surface area contributed by atoms with Gasteiger partial charge in [0, 0.05) is 6.20 Å². The van der Waals surface area contributed by atoms with Crippen LogP contribution in [-0.4, -0.2) is 4.98 Å². The van der Waals surface area contributed by atoms with Gasteiger partial charge in [-0.05, 0) is 17.5 Å². The van der Waals surface area contributed by atoms with E-state index >= 15 is 0 Å². The smallest absolute Gasteiger partial charge is 0.0797 e. The number of hydrogen-bond acceptors (Lipinski definition) is 2. The predicted molar refractivity (Wildman–Crippen MR) is 56.9 cm³/mol. The maximum atomic E-state index is 4.07. The van der Waals surface area contributed by atoms with Crippen molar-refractivity contribution in [3.63, 3.8) is 0 Å². The first-order valence-electron chi connectivity index (χ1n) is 4.38. The first kappa shape index (κ1) is 8.45. The number of aryl methyl sites for hydroxylation is 1. The summed E-state index contributed by atoms with van der Waals surface area (Å²) in [6, 6.07) is 8.62. The average Bonchev–Trinajstić information content (AvgIpc) is 2.71. The largest absolute Gasteiger partial charge is 0.252 e. The summed E-state index contributed by atoms with van der Waals surface area (Å²) < 4.78 is 0. The molecule has 0 unspecified atom stereocenters. The predicted octanol–water partition coefficient (Wildman–Crippen LogP) is 3.37. The van der Waals surface area contributed by atoms with Crippen molar-refractivity contribution in [1.82, 2.24) is 4.98 Å². The van der Waals surface area contributed by atoms with Crippen molar-refractivity contribution in [2.45, 2.75) is 13.3 Å². The normalized spacial score (nSPS) is 10.2. The summed E-state index contributed by atoms with van der Waals surface area (Å²) in [6.45, 7) is 2.17. The van der Waals surface area contributed by atoms with Crippen LogP contribution in [0.4, 0.5) is 0 Å². The van der Waals surface area contributed by atoms with Crippen LogP contribution in [0, 0.1) is 0 Å². The molecule has 0 aliphatic heterocycles. The summed E-state index contributed by atoms with van der Waals surface area (Å²) in [7, 11) is 0. The van der Waals surface area contributed by atoms with Gasteiger partial charge in [0.2, 0.25) is 0 Å². The SMILES string of the molecule is CCc1cccc(-c2cncs2)c1. The number of aromatic nitrogens is 1. The van der Waals surface area contributed by atoms with E-state index < -0.39 is 0 Å². The number of benzene rings is 1. The fraction of sp³-hybridized carbons (Fsp3) is 0.182. The van der Waals surface area contributed by atoms with Crippen LogP contribution >= 0.6 is 11.3 Å². The molecule has 13 heavy (non-hydrogen) atoms. The summed E-state index contributed by atoms with van der Waals surface area (Å²) >= 11 is 1.68. The molecule has 2 rings (SSSR count). The Bertz CT molecular complexity index is 379.